The minimum atomic E-state index is -0.470. The van der Waals surface area contributed by atoms with E-state index in [1.165, 1.54) is 11.1 Å². The molecule has 1 fully saturated rings. The Morgan fingerprint density at radius 2 is 1.74 bits per heavy atom. The third-order valence-electron chi connectivity index (χ3n) is 4.54. The van der Waals surface area contributed by atoms with Gasteiger partial charge in [-0.15, -0.1) is 5.56 Å². The second-order valence-corrected chi connectivity index (χ2v) is 6.52. The first-order chi connectivity index (χ1) is 12.5. The second kappa shape index (κ2) is 10.0. The molecule has 1 radical (unpaired) electrons. The summed E-state index contributed by atoms with van der Waals surface area (Å²) in [4.78, 5) is 28.2. The molecule has 1 aliphatic heterocycles. The van der Waals surface area contributed by atoms with Crippen LogP contribution in [-0.2, 0) is 42.2 Å². The average Bonchev–Trinajstić information content (AvgIpc) is 2.67. The smallest absolute Gasteiger partial charge is 0.338 e. The zero-order chi connectivity index (χ0) is 18.5. The third kappa shape index (κ3) is 5.63. The molecule has 1 amide bonds. The fraction of sp³-hybridized carbons (Fsp3) is 0.333. The van der Waals surface area contributed by atoms with E-state index in [0.717, 1.165) is 18.8 Å². The van der Waals surface area contributed by atoms with Crippen molar-refractivity contribution in [3.63, 3.8) is 0 Å². The number of aryl methyl sites for hydroxylation is 2. The Kier molecular flexibility index (Phi) is 7.99. The van der Waals surface area contributed by atoms with Crippen LogP contribution in [0.1, 0.15) is 21.5 Å². The van der Waals surface area contributed by atoms with Gasteiger partial charge in [0.1, 0.15) is 0 Å². The maximum absolute atomic E-state index is 12.3. The molecule has 3 rings (SSSR count). The van der Waals surface area contributed by atoms with Crippen molar-refractivity contribution in [2.45, 2.75) is 13.8 Å². The minimum absolute atomic E-state index is 0. The summed E-state index contributed by atoms with van der Waals surface area (Å²) in [6.07, 6.45) is 0. The van der Waals surface area contributed by atoms with E-state index < -0.39 is 5.97 Å². The first-order valence-corrected chi connectivity index (χ1v) is 8.78. The number of amides is 1. The van der Waals surface area contributed by atoms with E-state index in [1.807, 2.05) is 12.1 Å². The molecule has 6 heteroatoms. The van der Waals surface area contributed by atoms with Gasteiger partial charge in [0.2, 0.25) is 0 Å². The summed E-state index contributed by atoms with van der Waals surface area (Å²) in [5.41, 5.74) is 3.94. The summed E-state index contributed by atoms with van der Waals surface area (Å²) < 4.78 is 5.14. The minimum Gasteiger partial charge on any atom is -0.452 e. The Balaban J connectivity index is 0.00000261. The topological polar surface area (TPSA) is 49.9 Å². The third-order valence-corrected chi connectivity index (χ3v) is 4.54. The summed E-state index contributed by atoms with van der Waals surface area (Å²) in [7, 11) is 0. The Labute approximate surface area is 185 Å². The van der Waals surface area contributed by atoms with E-state index in [0.29, 0.717) is 18.7 Å². The largest absolute Gasteiger partial charge is 0.452 e. The first-order valence-electron chi connectivity index (χ1n) is 8.78. The number of anilines is 1. The van der Waals surface area contributed by atoms with Gasteiger partial charge in [-0.25, -0.2) is 4.79 Å². The zero-order valence-corrected chi connectivity index (χ0v) is 18.6. The predicted octanol–water partition coefficient (Wildman–Crippen LogP) is 2.61. The number of hydrogen-bond donors (Lipinski definition) is 0. The van der Waals surface area contributed by atoms with Crippen LogP contribution < -0.4 is 4.90 Å². The molecule has 0 N–H and O–H groups in total. The molecule has 0 aromatic heterocycles. The van der Waals surface area contributed by atoms with Gasteiger partial charge in [0.05, 0.1) is 5.56 Å². The van der Waals surface area contributed by atoms with Crippen molar-refractivity contribution in [3.8, 4) is 0 Å². The van der Waals surface area contributed by atoms with Crippen LogP contribution in [0.15, 0.2) is 42.5 Å². The van der Waals surface area contributed by atoms with E-state index in [9.17, 15) is 9.59 Å². The molecule has 0 saturated carbocycles. The van der Waals surface area contributed by atoms with Crippen LogP contribution in [0.2, 0.25) is 0 Å². The number of nitrogens with zero attached hydrogens (tertiary/aromatic N) is 2. The van der Waals surface area contributed by atoms with Crippen LogP contribution in [0.3, 0.4) is 0 Å². The van der Waals surface area contributed by atoms with Gasteiger partial charge in [-0.05, 0) is 12.1 Å². The number of carbonyl (C=O) groups is 2. The summed E-state index contributed by atoms with van der Waals surface area (Å²) in [6.45, 7) is 6.65. The fourth-order valence-electron chi connectivity index (χ4n) is 3.14. The van der Waals surface area contributed by atoms with Crippen LogP contribution >= 0.6 is 0 Å². The first kappa shape index (κ1) is 21.6. The molecule has 0 aliphatic carbocycles. The molecule has 2 aromatic carbocycles. The van der Waals surface area contributed by atoms with Crippen molar-refractivity contribution >= 4 is 17.6 Å². The Bertz CT molecular complexity index is 787. The Morgan fingerprint density at radius 3 is 2.37 bits per heavy atom. The van der Waals surface area contributed by atoms with Crippen molar-refractivity contribution in [2.24, 2.45) is 0 Å². The van der Waals surface area contributed by atoms with Gasteiger partial charge >= 0.3 is 5.97 Å². The maximum Gasteiger partial charge on any atom is 0.338 e. The van der Waals surface area contributed by atoms with Crippen molar-refractivity contribution in [3.05, 3.63) is 65.2 Å². The molecule has 0 atom stereocenters. The summed E-state index contributed by atoms with van der Waals surface area (Å²) in [5.74, 6) is -0.624. The van der Waals surface area contributed by atoms with Gasteiger partial charge in [-0.1, -0.05) is 37.7 Å². The van der Waals surface area contributed by atoms with Crippen LogP contribution in [0.25, 0.3) is 0 Å². The second-order valence-electron chi connectivity index (χ2n) is 6.52. The SMILES string of the molecule is Cc1c[c-]c(N2CCN(C(=O)COC(=O)c3ccccc3)CC2)c(C)c1.[Y]. The van der Waals surface area contributed by atoms with E-state index in [4.69, 9.17) is 4.74 Å². The number of hydrogen-bond acceptors (Lipinski definition) is 4. The van der Waals surface area contributed by atoms with Crippen LogP contribution in [-0.4, -0.2) is 49.6 Å². The van der Waals surface area contributed by atoms with Crippen molar-refractivity contribution in [2.75, 3.05) is 37.7 Å². The standard InChI is InChI=1S/C21H23N2O3.Y/c1-16-8-9-19(17(2)14-16)22-10-12-23(13-11-22)20(24)15-26-21(25)18-6-4-3-5-7-18;/h3-8,14H,10-13,15H2,1-2H3;/q-1;. The van der Waals surface area contributed by atoms with Crippen molar-refractivity contribution in [1.29, 1.82) is 0 Å². The zero-order valence-electron chi connectivity index (χ0n) is 15.8. The number of rotatable bonds is 4. The molecule has 139 valence electrons. The number of carbonyl (C=O) groups excluding carboxylic acids is 2. The molecular weight excluding hydrogens is 417 g/mol. The summed E-state index contributed by atoms with van der Waals surface area (Å²) in [5, 5.41) is 0. The summed E-state index contributed by atoms with van der Waals surface area (Å²) in [6, 6.07) is 16.2. The number of esters is 1. The number of benzene rings is 2. The van der Waals surface area contributed by atoms with Crippen molar-refractivity contribution in [1.82, 2.24) is 4.90 Å². The fourth-order valence-corrected chi connectivity index (χ4v) is 3.14. The number of piperazine rings is 1. The molecule has 2 aromatic rings. The molecular formula is C21H23N2O3Y-. The van der Waals surface area contributed by atoms with Crippen LogP contribution in [0, 0.1) is 19.9 Å². The van der Waals surface area contributed by atoms with Crippen molar-refractivity contribution < 1.29 is 47.0 Å². The quantitative estimate of drug-likeness (QED) is 0.542. The molecule has 1 saturated heterocycles. The predicted molar refractivity (Wildman–Crippen MR) is 100 cm³/mol. The molecule has 0 bridgehead atoms. The normalized spacial score (nSPS) is 13.7. The van der Waals surface area contributed by atoms with Gasteiger partial charge in [-0.2, -0.15) is 23.8 Å². The molecule has 27 heavy (non-hydrogen) atoms. The van der Waals surface area contributed by atoms with Gasteiger partial charge in [0.15, 0.2) is 6.61 Å². The van der Waals surface area contributed by atoms with Gasteiger partial charge in [0, 0.05) is 58.9 Å². The molecule has 1 heterocycles. The van der Waals surface area contributed by atoms with Gasteiger partial charge in [0.25, 0.3) is 5.91 Å². The summed E-state index contributed by atoms with van der Waals surface area (Å²) >= 11 is 0. The van der Waals surface area contributed by atoms with Crippen LogP contribution in [0.5, 0.6) is 0 Å². The number of ether oxygens (including phenoxy) is 1. The van der Waals surface area contributed by atoms with E-state index in [2.05, 4.69) is 30.9 Å². The monoisotopic (exact) mass is 440 g/mol. The molecule has 0 unspecified atom stereocenters. The van der Waals surface area contributed by atoms with Gasteiger partial charge in [-0.3, -0.25) is 4.79 Å². The van der Waals surface area contributed by atoms with Gasteiger partial charge < -0.3 is 14.5 Å². The van der Waals surface area contributed by atoms with Crippen LogP contribution in [0.4, 0.5) is 5.69 Å². The van der Waals surface area contributed by atoms with E-state index >= 15 is 0 Å². The van der Waals surface area contributed by atoms with E-state index in [1.54, 1.807) is 29.2 Å². The Hall–Kier alpha value is -1.72. The molecule has 5 nitrogen and oxygen atoms in total. The maximum atomic E-state index is 12.3. The average molecular weight is 440 g/mol. The molecule has 1 aliphatic rings. The molecule has 0 spiro atoms. The van der Waals surface area contributed by atoms with E-state index in [-0.39, 0.29) is 45.2 Å². The Morgan fingerprint density at radius 1 is 1.07 bits per heavy atom.